The van der Waals surface area contributed by atoms with Crippen molar-refractivity contribution in [1.29, 1.82) is 5.26 Å². The zero-order chi connectivity index (χ0) is 23.3. The fourth-order valence-electron chi connectivity index (χ4n) is 3.90. The predicted molar refractivity (Wildman–Crippen MR) is 135 cm³/mol. The lowest BCUT2D eigenvalue weighted by Gasteiger charge is -2.14. The van der Waals surface area contributed by atoms with Gasteiger partial charge in [-0.3, -0.25) is 0 Å². The van der Waals surface area contributed by atoms with Gasteiger partial charge in [0.2, 0.25) is 0 Å². The van der Waals surface area contributed by atoms with E-state index >= 15 is 0 Å². The van der Waals surface area contributed by atoms with Gasteiger partial charge < -0.3 is 14.8 Å². The number of hydrogen-bond acceptors (Lipinski definition) is 4. The van der Waals surface area contributed by atoms with Gasteiger partial charge in [-0.05, 0) is 48.6 Å². The van der Waals surface area contributed by atoms with Gasteiger partial charge in [0.05, 0.1) is 17.9 Å². The summed E-state index contributed by atoms with van der Waals surface area (Å²) in [6.07, 6.45) is 6.07. The van der Waals surface area contributed by atoms with E-state index in [1.54, 1.807) is 6.07 Å². The SMILES string of the molecule is CCCC(CC)CCCOc1cccc(Nc2ccc(OCc3ccccc3)cc2C#N)c1. The number of rotatable bonds is 13. The second kappa shape index (κ2) is 13.2. The Bertz CT molecular complexity index is 1030. The van der Waals surface area contributed by atoms with Crippen LogP contribution in [0.5, 0.6) is 11.5 Å². The molecular weight excluding hydrogens is 408 g/mol. The van der Waals surface area contributed by atoms with Gasteiger partial charge in [0.25, 0.3) is 0 Å². The first-order chi connectivity index (χ1) is 16.2. The molecule has 4 nitrogen and oxygen atoms in total. The molecule has 0 fully saturated rings. The second-order valence-electron chi connectivity index (χ2n) is 8.30. The van der Waals surface area contributed by atoms with E-state index in [1.807, 2.05) is 66.7 Å². The van der Waals surface area contributed by atoms with Crippen molar-refractivity contribution in [2.45, 2.75) is 52.6 Å². The zero-order valence-corrected chi connectivity index (χ0v) is 19.7. The minimum Gasteiger partial charge on any atom is -0.494 e. The van der Waals surface area contributed by atoms with Gasteiger partial charge in [-0.1, -0.05) is 69.5 Å². The minimum absolute atomic E-state index is 0.468. The van der Waals surface area contributed by atoms with E-state index in [-0.39, 0.29) is 0 Å². The molecule has 0 saturated carbocycles. The summed E-state index contributed by atoms with van der Waals surface area (Å²) in [5.74, 6) is 2.31. The molecule has 0 saturated heterocycles. The lowest BCUT2D eigenvalue weighted by molar-refractivity contribution is 0.286. The molecule has 172 valence electrons. The molecule has 3 aromatic carbocycles. The molecule has 0 aliphatic carbocycles. The van der Waals surface area contributed by atoms with Gasteiger partial charge in [0, 0.05) is 17.8 Å². The monoisotopic (exact) mass is 442 g/mol. The maximum Gasteiger partial charge on any atom is 0.121 e. The summed E-state index contributed by atoms with van der Waals surface area (Å²) in [6.45, 7) is 5.71. The summed E-state index contributed by atoms with van der Waals surface area (Å²) >= 11 is 0. The first-order valence-corrected chi connectivity index (χ1v) is 11.9. The molecule has 0 heterocycles. The van der Waals surface area contributed by atoms with Crippen molar-refractivity contribution in [3.05, 3.63) is 83.9 Å². The Kier molecular flexibility index (Phi) is 9.66. The summed E-state index contributed by atoms with van der Waals surface area (Å²) in [7, 11) is 0. The number of benzene rings is 3. The highest BCUT2D eigenvalue weighted by molar-refractivity contribution is 5.68. The molecule has 1 unspecified atom stereocenters. The van der Waals surface area contributed by atoms with Crippen LogP contribution in [-0.2, 0) is 6.61 Å². The molecule has 33 heavy (non-hydrogen) atoms. The third-order valence-corrected chi connectivity index (χ3v) is 5.77. The molecule has 1 atom stereocenters. The fourth-order valence-corrected chi connectivity index (χ4v) is 3.90. The highest BCUT2D eigenvalue weighted by Gasteiger charge is 2.08. The molecule has 3 aromatic rings. The van der Waals surface area contributed by atoms with Crippen molar-refractivity contribution in [2.24, 2.45) is 5.92 Å². The summed E-state index contributed by atoms with van der Waals surface area (Å²) in [5, 5.41) is 13.0. The molecule has 0 radical (unpaired) electrons. The summed E-state index contributed by atoms with van der Waals surface area (Å²) < 4.78 is 11.8. The smallest absolute Gasteiger partial charge is 0.121 e. The van der Waals surface area contributed by atoms with Crippen LogP contribution in [0.2, 0.25) is 0 Å². The highest BCUT2D eigenvalue weighted by atomic mass is 16.5. The summed E-state index contributed by atoms with van der Waals surface area (Å²) in [5.41, 5.74) is 3.26. The minimum atomic E-state index is 0.468. The van der Waals surface area contributed by atoms with Crippen molar-refractivity contribution in [1.82, 2.24) is 0 Å². The Hall–Kier alpha value is -3.45. The topological polar surface area (TPSA) is 54.3 Å². The molecule has 1 N–H and O–H groups in total. The Morgan fingerprint density at radius 3 is 2.45 bits per heavy atom. The molecule has 0 spiro atoms. The second-order valence-corrected chi connectivity index (χ2v) is 8.30. The van der Waals surface area contributed by atoms with Crippen LogP contribution in [0.1, 0.15) is 57.1 Å². The van der Waals surface area contributed by atoms with Crippen LogP contribution in [0, 0.1) is 17.2 Å². The van der Waals surface area contributed by atoms with Crippen molar-refractivity contribution >= 4 is 11.4 Å². The normalized spacial score (nSPS) is 11.4. The van der Waals surface area contributed by atoms with Gasteiger partial charge in [0.1, 0.15) is 24.2 Å². The third kappa shape index (κ3) is 7.88. The van der Waals surface area contributed by atoms with Crippen LogP contribution in [-0.4, -0.2) is 6.61 Å². The Morgan fingerprint density at radius 1 is 0.879 bits per heavy atom. The average Bonchev–Trinajstić information content (AvgIpc) is 2.86. The molecule has 0 aliphatic heterocycles. The van der Waals surface area contributed by atoms with E-state index in [2.05, 4.69) is 25.2 Å². The highest BCUT2D eigenvalue weighted by Crippen LogP contribution is 2.27. The molecule has 0 aliphatic rings. The fraction of sp³-hybridized carbons (Fsp3) is 0.345. The van der Waals surface area contributed by atoms with Gasteiger partial charge >= 0.3 is 0 Å². The number of ether oxygens (including phenoxy) is 2. The molecule has 3 rings (SSSR count). The van der Waals surface area contributed by atoms with Crippen LogP contribution in [0.25, 0.3) is 0 Å². The van der Waals surface area contributed by atoms with Gasteiger partial charge in [0.15, 0.2) is 0 Å². The van der Waals surface area contributed by atoms with Crippen LogP contribution >= 0.6 is 0 Å². The zero-order valence-electron chi connectivity index (χ0n) is 19.7. The van der Waals surface area contributed by atoms with Gasteiger partial charge in [-0.15, -0.1) is 0 Å². The van der Waals surface area contributed by atoms with Crippen molar-refractivity contribution in [3.63, 3.8) is 0 Å². The first-order valence-electron chi connectivity index (χ1n) is 11.9. The Balaban J connectivity index is 1.56. The van der Waals surface area contributed by atoms with Gasteiger partial charge in [-0.2, -0.15) is 5.26 Å². The van der Waals surface area contributed by atoms with Crippen molar-refractivity contribution < 1.29 is 9.47 Å². The van der Waals surface area contributed by atoms with Crippen LogP contribution < -0.4 is 14.8 Å². The number of nitrogens with zero attached hydrogens (tertiary/aromatic N) is 1. The molecule has 0 bridgehead atoms. The first kappa shape index (κ1) is 24.2. The van der Waals surface area contributed by atoms with E-state index in [4.69, 9.17) is 9.47 Å². The largest absolute Gasteiger partial charge is 0.494 e. The predicted octanol–water partition coefficient (Wildman–Crippen LogP) is 7.87. The van der Waals surface area contributed by atoms with Crippen LogP contribution in [0.4, 0.5) is 11.4 Å². The van der Waals surface area contributed by atoms with E-state index in [0.717, 1.165) is 41.6 Å². The summed E-state index contributed by atoms with van der Waals surface area (Å²) in [6, 6.07) is 25.7. The number of nitrogens with one attached hydrogen (secondary N) is 1. The molecular formula is C29H34N2O2. The van der Waals surface area contributed by atoms with Gasteiger partial charge in [-0.25, -0.2) is 0 Å². The Labute approximate surface area is 198 Å². The van der Waals surface area contributed by atoms with E-state index < -0.39 is 0 Å². The number of anilines is 2. The maximum absolute atomic E-state index is 9.64. The molecule has 4 heteroatoms. The standard InChI is InChI=1S/C29H34N2O2/c1-3-10-23(4-2)13-9-18-32-27-15-8-14-26(20-27)31-29-17-16-28(19-25(29)21-30)33-22-24-11-6-5-7-12-24/h5-8,11-12,14-17,19-20,23,31H,3-4,9-10,13,18,22H2,1-2H3. The van der Waals surface area contributed by atoms with Crippen molar-refractivity contribution in [3.8, 4) is 17.6 Å². The summed E-state index contributed by atoms with van der Waals surface area (Å²) in [4.78, 5) is 0. The lowest BCUT2D eigenvalue weighted by atomic mass is 9.96. The molecule has 0 aromatic heterocycles. The van der Waals surface area contributed by atoms with E-state index in [1.165, 1.54) is 25.7 Å². The average molecular weight is 443 g/mol. The van der Waals surface area contributed by atoms with Crippen LogP contribution in [0.3, 0.4) is 0 Å². The number of nitriles is 1. The third-order valence-electron chi connectivity index (χ3n) is 5.77. The van der Waals surface area contributed by atoms with Crippen LogP contribution in [0.15, 0.2) is 72.8 Å². The maximum atomic E-state index is 9.64. The lowest BCUT2D eigenvalue weighted by Crippen LogP contribution is -2.04. The molecule has 0 amide bonds. The Morgan fingerprint density at radius 2 is 1.70 bits per heavy atom. The van der Waals surface area contributed by atoms with E-state index in [9.17, 15) is 5.26 Å². The van der Waals surface area contributed by atoms with Crippen molar-refractivity contribution in [2.75, 3.05) is 11.9 Å². The van der Waals surface area contributed by atoms with E-state index in [0.29, 0.717) is 17.9 Å². The number of hydrogen-bond donors (Lipinski definition) is 1. The quantitative estimate of drug-likeness (QED) is 0.274.